The number of nitrogens with zero attached hydrogens (tertiary/aromatic N) is 1. The van der Waals surface area contributed by atoms with Crippen LogP contribution >= 0.6 is 24.0 Å². The van der Waals surface area contributed by atoms with Crippen molar-refractivity contribution in [3.63, 3.8) is 0 Å². The lowest BCUT2D eigenvalue weighted by molar-refractivity contribution is -0.124. The van der Waals surface area contributed by atoms with Crippen LogP contribution < -0.4 is 5.63 Å². The molecule has 6 rings (SSSR count). The van der Waals surface area contributed by atoms with Gasteiger partial charge in [0.2, 0.25) is 0 Å². The largest absolute Gasteiger partial charge is 0.457 e. The van der Waals surface area contributed by atoms with Crippen molar-refractivity contribution < 1.29 is 13.6 Å². The minimum atomic E-state index is -0.356. The van der Waals surface area contributed by atoms with Gasteiger partial charge in [-0.1, -0.05) is 30.4 Å². The zero-order valence-corrected chi connectivity index (χ0v) is 19.1. The summed E-state index contributed by atoms with van der Waals surface area (Å²) < 4.78 is 12.0. The van der Waals surface area contributed by atoms with E-state index >= 15 is 0 Å². The Hall–Kier alpha value is -2.64. The first-order valence-corrected chi connectivity index (χ1v) is 12.1. The van der Waals surface area contributed by atoms with Gasteiger partial charge in [0.05, 0.1) is 4.91 Å². The molecule has 1 amide bonds. The van der Waals surface area contributed by atoms with Crippen LogP contribution in [-0.2, 0) is 4.79 Å². The number of hydrogen-bond donors (Lipinski definition) is 0. The third kappa shape index (κ3) is 3.26. The van der Waals surface area contributed by atoms with E-state index in [1.54, 1.807) is 12.1 Å². The summed E-state index contributed by atoms with van der Waals surface area (Å²) in [4.78, 5) is 27.2. The number of carbonyl (C=O) groups excluding carboxylic acids is 1. The Balaban J connectivity index is 1.27. The Morgan fingerprint density at radius 1 is 1.09 bits per heavy atom. The summed E-state index contributed by atoms with van der Waals surface area (Å²) in [7, 11) is 0. The van der Waals surface area contributed by atoms with E-state index in [9.17, 15) is 9.59 Å². The third-order valence-corrected chi connectivity index (χ3v) is 8.32. The van der Waals surface area contributed by atoms with Crippen LogP contribution in [-0.4, -0.2) is 21.2 Å². The molecule has 3 unspecified atom stereocenters. The summed E-state index contributed by atoms with van der Waals surface area (Å²) in [5, 5.41) is 0.867. The Morgan fingerprint density at radius 3 is 2.75 bits per heavy atom. The van der Waals surface area contributed by atoms with E-state index in [0.717, 1.165) is 28.9 Å². The second-order valence-electron chi connectivity index (χ2n) is 8.96. The first-order chi connectivity index (χ1) is 15.5. The van der Waals surface area contributed by atoms with E-state index in [2.05, 4.69) is 0 Å². The van der Waals surface area contributed by atoms with Gasteiger partial charge in [0.15, 0.2) is 0 Å². The average Bonchev–Trinajstić information content (AvgIpc) is 3.54. The van der Waals surface area contributed by atoms with E-state index < -0.39 is 0 Å². The van der Waals surface area contributed by atoms with Crippen molar-refractivity contribution in [2.45, 2.75) is 38.6 Å². The van der Waals surface area contributed by atoms with Gasteiger partial charge in [-0.15, -0.1) is 0 Å². The maximum Gasteiger partial charge on any atom is 0.336 e. The minimum Gasteiger partial charge on any atom is -0.457 e. The molecule has 3 aromatic rings. The van der Waals surface area contributed by atoms with Gasteiger partial charge in [0, 0.05) is 29.1 Å². The standard InChI is InChI=1S/C25H21NO4S2/c1-13-8-23(27)30-21-6-4-16(11-18(13)21)20-7-5-17(29-20)12-22-24(28)26(25(31)32-22)19-10-14-2-3-15(19)9-14/h4-8,11-12,14-15,19H,2-3,9-10H2,1H3/b22-12-. The maximum atomic E-state index is 13.1. The van der Waals surface area contributed by atoms with Gasteiger partial charge in [-0.05, 0) is 73.9 Å². The summed E-state index contributed by atoms with van der Waals surface area (Å²) >= 11 is 6.94. The number of amides is 1. The summed E-state index contributed by atoms with van der Waals surface area (Å²) in [5.74, 6) is 2.66. The van der Waals surface area contributed by atoms with E-state index in [4.69, 9.17) is 21.1 Å². The van der Waals surface area contributed by atoms with Crippen LogP contribution in [0.4, 0.5) is 0 Å². The van der Waals surface area contributed by atoms with Gasteiger partial charge >= 0.3 is 5.63 Å². The van der Waals surface area contributed by atoms with Crippen molar-refractivity contribution in [1.29, 1.82) is 0 Å². The van der Waals surface area contributed by atoms with Gasteiger partial charge in [0.1, 0.15) is 21.4 Å². The maximum absolute atomic E-state index is 13.1. The van der Waals surface area contributed by atoms with Crippen molar-refractivity contribution >= 4 is 51.3 Å². The third-order valence-electron chi connectivity index (χ3n) is 6.99. The SMILES string of the molecule is Cc1cc(=O)oc2ccc(-c3ccc(/C=C4\SC(=S)N(C5CC6CCC5C6)C4=O)o3)cc12. The van der Waals surface area contributed by atoms with E-state index in [1.165, 1.54) is 37.1 Å². The summed E-state index contributed by atoms with van der Waals surface area (Å²) in [6, 6.07) is 11.1. The van der Waals surface area contributed by atoms with Crippen LogP contribution in [0.1, 0.15) is 37.0 Å². The number of thiocarbonyl (C=S) groups is 1. The van der Waals surface area contributed by atoms with Crippen LogP contribution in [0.5, 0.6) is 0 Å². The highest BCUT2D eigenvalue weighted by molar-refractivity contribution is 8.26. The Morgan fingerprint density at radius 2 is 1.97 bits per heavy atom. The number of hydrogen-bond acceptors (Lipinski definition) is 6. The molecular weight excluding hydrogens is 442 g/mol. The van der Waals surface area contributed by atoms with Gasteiger partial charge in [-0.25, -0.2) is 4.79 Å². The first kappa shape index (κ1) is 20.0. The molecular formula is C25H21NO4S2. The lowest BCUT2D eigenvalue weighted by Gasteiger charge is -2.30. The summed E-state index contributed by atoms with van der Waals surface area (Å²) in [5.41, 5.74) is 1.93. The Bertz CT molecular complexity index is 1370. The van der Waals surface area contributed by atoms with Crippen LogP contribution in [0.15, 0.2) is 54.9 Å². The number of rotatable bonds is 3. The van der Waals surface area contributed by atoms with Gasteiger partial charge in [-0.2, -0.15) is 0 Å². The highest BCUT2D eigenvalue weighted by atomic mass is 32.2. The van der Waals surface area contributed by atoms with E-state index in [0.29, 0.717) is 32.2 Å². The normalized spacial score (nSPS) is 26.2. The molecule has 7 heteroatoms. The molecule has 162 valence electrons. The molecule has 1 aliphatic heterocycles. The predicted octanol–water partition coefficient (Wildman–Crippen LogP) is 5.75. The molecule has 2 saturated carbocycles. The van der Waals surface area contributed by atoms with Gasteiger partial charge in [-0.3, -0.25) is 9.69 Å². The molecule has 3 aliphatic rings. The predicted molar refractivity (Wildman–Crippen MR) is 129 cm³/mol. The number of benzene rings is 1. The highest BCUT2D eigenvalue weighted by Crippen LogP contribution is 2.49. The second-order valence-corrected chi connectivity index (χ2v) is 10.6. The van der Waals surface area contributed by atoms with Crippen molar-refractivity contribution in [3.8, 4) is 11.3 Å². The topological polar surface area (TPSA) is 63.7 Å². The van der Waals surface area contributed by atoms with Crippen LogP contribution in [0.3, 0.4) is 0 Å². The quantitative estimate of drug-likeness (QED) is 0.280. The molecule has 1 saturated heterocycles. The summed E-state index contributed by atoms with van der Waals surface area (Å²) in [6.07, 6.45) is 6.61. The smallest absolute Gasteiger partial charge is 0.336 e. The van der Waals surface area contributed by atoms with Crippen LogP contribution in [0.25, 0.3) is 28.4 Å². The fraction of sp³-hybridized carbons (Fsp3) is 0.320. The zero-order chi connectivity index (χ0) is 22.0. The fourth-order valence-corrected chi connectivity index (χ4v) is 6.83. The van der Waals surface area contributed by atoms with Crippen molar-refractivity contribution in [1.82, 2.24) is 4.90 Å². The molecule has 5 nitrogen and oxygen atoms in total. The molecule has 0 spiro atoms. The average molecular weight is 464 g/mol. The molecule has 2 bridgehead atoms. The molecule has 0 radical (unpaired) electrons. The number of furan rings is 1. The lowest BCUT2D eigenvalue weighted by Crippen LogP contribution is -2.41. The first-order valence-electron chi connectivity index (χ1n) is 10.9. The second kappa shape index (κ2) is 7.46. The Labute approximate surface area is 194 Å². The van der Waals surface area contributed by atoms with Crippen molar-refractivity contribution in [3.05, 3.63) is 63.0 Å². The number of fused-ring (bicyclic) bond motifs is 3. The fourth-order valence-electron chi connectivity index (χ4n) is 5.48. The van der Waals surface area contributed by atoms with E-state index in [-0.39, 0.29) is 17.6 Å². The molecule has 3 heterocycles. The number of aryl methyl sites for hydroxylation is 1. The van der Waals surface area contributed by atoms with Crippen molar-refractivity contribution in [2.75, 3.05) is 0 Å². The molecule has 2 aliphatic carbocycles. The van der Waals surface area contributed by atoms with Gasteiger partial charge in [0.25, 0.3) is 5.91 Å². The lowest BCUT2D eigenvalue weighted by atomic mass is 9.94. The summed E-state index contributed by atoms with van der Waals surface area (Å²) in [6.45, 7) is 1.88. The van der Waals surface area contributed by atoms with Crippen LogP contribution in [0.2, 0.25) is 0 Å². The van der Waals surface area contributed by atoms with E-state index in [1.807, 2.05) is 36.1 Å². The monoisotopic (exact) mass is 463 g/mol. The molecule has 32 heavy (non-hydrogen) atoms. The molecule has 0 N–H and O–H groups in total. The van der Waals surface area contributed by atoms with Gasteiger partial charge < -0.3 is 8.83 Å². The van der Waals surface area contributed by atoms with Crippen LogP contribution in [0, 0.1) is 18.8 Å². The molecule has 1 aromatic carbocycles. The Kier molecular flexibility index (Phi) is 4.66. The molecule has 2 aromatic heterocycles. The minimum absolute atomic E-state index is 0.00635. The van der Waals surface area contributed by atoms with Crippen molar-refractivity contribution in [2.24, 2.45) is 11.8 Å². The highest BCUT2D eigenvalue weighted by Gasteiger charge is 2.47. The molecule has 3 atom stereocenters. The number of carbonyl (C=O) groups is 1. The molecule has 3 fully saturated rings. The number of thioether (sulfide) groups is 1. The zero-order valence-electron chi connectivity index (χ0n) is 17.5.